The van der Waals surface area contributed by atoms with Gasteiger partial charge in [0.05, 0.1) is 6.61 Å². The Morgan fingerprint density at radius 2 is 2.17 bits per heavy atom. The van der Waals surface area contributed by atoms with Gasteiger partial charge in [0.1, 0.15) is 12.4 Å². The van der Waals surface area contributed by atoms with Crippen LogP contribution in [0.2, 0.25) is 0 Å². The third-order valence-corrected chi connectivity index (χ3v) is 2.38. The summed E-state index contributed by atoms with van der Waals surface area (Å²) in [6, 6.07) is 1.92. The number of nitrogens with two attached hydrogens (primary N) is 1. The minimum Gasteiger partial charge on any atom is -0.465 e. The second-order valence-electron chi connectivity index (χ2n) is 4.25. The van der Waals surface area contributed by atoms with Crippen molar-refractivity contribution >= 4 is 17.7 Å². The molecule has 2 N–H and O–H groups in total. The van der Waals surface area contributed by atoms with E-state index in [-0.39, 0.29) is 24.5 Å². The smallest absolute Gasteiger partial charge is 0.325 e. The van der Waals surface area contributed by atoms with Gasteiger partial charge in [0.15, 0.2) is 0 Å². The first-order valence-corrected chi connectivity index (χ1v) is 5.97. The normalized spacial score (nSPS) is 10.5. The average Bonchev–Trinajstić information content (AvgIpc) is 2.24. The Hall–Kier alpha value is -1.85. The molecule has 0 amide bonds. The van der Waals surface area contributed by atoms with Gasteiger partial charge in [0, 0.05) is 17.8 Å². The summed E-state index contributed by atoms with van der Waals surface area (Å²) in [7, 11) is 0. The van der Waals surface area contributed by atoms with Crippen molar-refractivity contribution in [3.05, 3.63) is 11.8 Å². The number of rotatable bonds is 5. The lowest BCUT2D eigenvalue weighted by atomic mass is 10.3. The molecule has 18 heavy (non-hydrogen) atoms. The molecule has 0 radical (unpaired) electrons. The van der Waals surface area contributed by atoms with Crippen molar-refractivity contribution in [2.45, 2.75) is 33.7 Å². The lowest BCUT2D eigenvalue weighted by molar-refractivity contribution is -0.141. The number of carbonyl (C=O) groups excluding carboxylic acids is 1. The van der Waals surface area contributed by atoms with Gasteiger partial charge < -0.3 is 15.4 Å². The van der Waals surface area contributed by atoms with E-state index in [1.165, 1.54) is 0 Å². The molecule has 6 nitrogen and oxygen atoms in total. The molecule has 1 rings (SSSR count). The molecule has 0 aromatic carbocycles. The summed E-state index contributed by atoms with van der Waals surface area (Å²) in [4.78, 5) is 21.6. The van der Waals surface area contributed by atoms with Crippen LogP contribution in [0, 0.1) is 6.92 Å². The Morgan fingerprint density at radius 3 is 2.67 bits per heavy atom. The van der Waals surface area contributed by atoms with Crippen LogP contribution in [0.25, 0.3) is 0 Å². The highest BCUT2D eigenvalue weighted by atomic mass is 16.5. The molecule has 1 aromatic heterocycles. The number of anilines is 2. The van der Waals surface area contributed by atoms with E-state index in [0.717, 1.165) is 5.69 Å². The Balaban J connectivity index is 2.93. The van der Waals surface area contributed by atoms with Gasteiger partial charge >= 0.3 is 5.97 Å². The molecule has 0 fully saturated rings. The Labute approximate surface area is 107 Å². The number of ether oxygens (including phenoxy) is 1. The number of esters is 1. The van der Waals surface area contributed by atoms with Gasteiger partial charge in [-0.3, -0.25) is 4.79 Å². The van der Waals surface area contributed by atoms with E-state index in [2.05, 4.69) is 9.97 Å². The summed E-state index contributed by atoms with van der Waals surface area (Å²) >= 11 is 0. The maximum Gasteiger partial charge on any atom is 0.325 e. The molecule has 100 valence electrons. The van der Waals surface area contributed by atoms with Crippen LogP contribution in [0.15, 0.2) is 6.07 Å². The van der Waals surface area contributed by atoms with E-state index in [9.17, 15) is 4.79 Å². The van der Waals surface area contributed by atoms with Gasteiger partial charge in [-0.2, -0.15) is 4.98 Å². The maximum absolute atomic E-state index is 11.6. The van der Waals surface area contributed by atoms with Crippen molar-refractivity contribution in [2.24, 2.45) is 0 Å². The fourth-order valence-corrected chi connectivity index (χ4v) is 1.60. The Bertz CT molecular complexity index is 400. The van der Waals surface area contributed by atoms with Gasteiger partial charge in [-0.25, -0.2) is 4.98 Å². The van der Waals surface area contributed by atoms with Gasteiger partial charge in [-0.15, -0.1) is 0 Å². The second-order valence-corrected chi connectivity index (χ2v) is 4.25. The largest absolute Gasteiger partial charge is 0.465 e. The minimum absolute atomic E-state index is 0.114. The van der Waals surface area contributed by atoms with Crippen molar-refractivity contribution in [3.63, 3.8) is 0 Å². The molecule has 0 spiro atoms. The van der Waals surface area contributed by atoms with Crippen LogP contribution >= 0.6 is 0 Å². The fourth-order valence-electron chi connectivity index (χ4n) is 1.60. The molecule has 1 aromatic rings. The third-order valence-electron chi connectivity index (χ3n) is 2.38. The van der Waals surface area contributed by atoms with Crippen LogP contribution in [-0.2, 0) is 9.53 Å². The minimum atomic E-state index is -0.277. The van der Waals surface area contributed by atoms with Crippen molar-refractivity contribution in [2.75, 3.05) is 23.8 Å². The Morgan fingerprint density at radius 1 is 1.50 bits per heavy atom. The predicted molar refractivity (Wildman–Crippen MR) is 70.3 cm³/mol. The zero-order chi connectivity index (χ0) is 13.7. The fraction of sp³-hybridized carbons (Fsp3) is 0.583. The van der Waals surface area contributed by atoms with Crippen LogP contribution in [0.3, 0.4) is 0 Å². The van der Waals surface area contributed by atoms with Crippen LogP contribution in [0.4, 0.5) is 11.8 Å². The molecular weight excluding hydrogens is 232 g/mol. The molecule has 0 atom stereocenters. The van der Waals surface area contributed by atoms with Gasteiger partial charge in [0.2, 0.25) is 5.95 Å². The number of aromatic nitrogens is 2. The van der Waals surface area contributed by atoms with E-state index >= 15 is 0 Å². The highest BCUT2D eigenvalue weighted by Gasteiger charge is 2.17. The zero-order valence-corrected chi connectivity index (χ0v) is 11.3. The summed E-state index contributed by atoms with van der Waals surface area (Å²) in [6.07, 6.45) is 0. The monoisotopic (exact) mass is 252 g/mol. The average molecular weight is 252 g/mol. The van der Waals surface area contributed by atoms with Crippen molar-refractivity contribution < 1.29 is 9.53 Å². The highest BCUT2D eigenvalue weighted by Crippen LogP contribution is 2.16. The molecule has 0 saturated carbocycles. The van der Waals surface area contributed by atoms with E-state index in [1.54, 1.807) is 13.0 Å². The molecule has 0 bridgehead atoms. The molecule has 0 aliphatic rings. The van der Waals surface area contributed by atoms with Crippen LogP contribution in [-0.4, -0.2) is 35.1 Å². The Kier molecular flexibility index (Phi) is 4.88. The summed E-state index contributed by atoms with van der Waals surface area (Å²) in [5, 5.41) is 0. The lowest BCUT2D eigenvalue weighted by Crippen LogP contribution is -2.37. The van der Waals surface area contributed by atoms with Crippen LogP contribution in [0.1, 0.15) is 26.5 Å². The topological polar surface area (TPSA) is 81.3 Å². The SMILES string of the molecule is CCOC(=O)CN(c1cc(C)nc(N)n1)C(C)C. The standard InChI is InChI=1S/C12H20N4O2/c1-5-18-11(17)7-16(8(2)3)10-6-9(4)14-12(13)15-10/h6,8H,5,7H2,1-4H3,(H2,13,14,15). The summed E-state index contributed by atoms with van der Waals surface area (Å²) in [5.74, 6) is 0.573. The number of nitrogens with zero attached hydrogens (tertiary/aromatic N) is 3. The van der Waals surface area contributed by atoms with E-state index in [0.29, 0.717) is 12.4 Å². The van der Waals surface area contributed by atoms with E-state index in [1.807, 2.05) is 25.7 Å². The van der Waals surface area contributed by atoms with E-state index in [4.69, 9.17) is 10.5 Å². The lowest BCUT2D eigenvalue weighted by Gasteiger charge is -2.26. The number of carbonyl (C=O) groups is 1. The van der Waals surface area contributed by atoms with Gasteiger partial charge in [-0.05, 0) is 27.7 Å². The molecule has 1 heterocycles. The number of aryl methyl sites for hydroxylation is 1. The number of hydrogen-bond donors (Lipinski definition) is 1. The zero-order valence-electron chi connectivity index (χ0n) is 11.3. The predicted octanol–water partition coefficient (Wildman–Crippen LogP) is 1.15. The molecular formula is C12H20N4O2. The van der Waals surface area contributed by atoms with Crippen molar-refractivity contribution in [1.82, 2.24) is 9.97 Å². The highest BCUT2D eigenvalue weighted by molar-refractivity contribution is 5.75. The summed E-state index contributed by atoms with van der Waals surface area (Å²) in [5.41, 5.74) is 6.39. The summed E-state index contributed by atoms with van der Waals surface area (Å²) in [6.45, 7) is 8.10. The number of hydrogen-bond acceptors (Lipinski definition) is 6. The van der Waals surface area contributed by atoms with Crippen molar-refractivity contribution in [3.8, 4) is 0 Å². The summed E-state index contributed by atoms with van der Waals surface area (Å²) < 4.78 is 4.95. The first-order chi connectivity index (χ1) is 8.43. The van der Waals surface area contributed by atoms with Gasteiger partial charge in [0.25, 0.3) is 0 Å². The number of nitrogen functional groups attached to an aromatic ring is 1. The van der Waals surface area contributed by atoms with Gasteiger partial charge in [-0.1, -0.05) is 0 Å². The quantitative estimate of drug-likeness (QED) is 0.791. The second kappa shape index (κ2) is 6.18. The van der Waals surface area contributed by atoms with E-state index < -0.39 is 0 Å². The molecule has 0 unspecified atom stereocenters. The van der Waals surface area contributed by atoms with Crippen LogP contribution < -0.4 is 10.6 Å². The van der Waals surface area contributed by atoms with Crippen LogP contribution in [0.5, 0.6) is 0 Å². The third kappa shape index (κ3) is 3.87. The molecule has 0 saturated heterocycles. The maximum atomic E-state index is 11.6. The first-order valence-electron chi connectivity index (χ1n) is 5.97. The molecule has 0 aliphatic heterocycles. The molecule has 6 heteroatoms. The first kappa shape index (κ1) is 14.2. The molecule has 0 aliphatic carbocycles. The van der Waals surface area contributed by atoms with Crippen molar-refractivity contribution in [1.29, 1.82) is 0 Å².